The Balaban J connectivity index is 2.50. The van der Waals surface area contributed by atoms with Crippen LogP contribution in [0.1, 0.15) is 41.5 Å². The minimum Gasteiger partial charge on any atom is -0.450 e. The maximum atomic E-state index is 12.1. The monoisotopic (exact) mass is 218 g/mol. The lowest BCUT2D eigenvalue weighted by Crippen LogP contribution is -2.42. The number of cyclic esters (lactones) is 1. The molecule has 0 N–H and O–H groups in total. The largest absolute Gasteiger partial charge is 0.450 e. The van der Waals surface area contributed by atoms with Gasteiger partial charge in [0, 0.05) is 11.0 Å². The Morgan fingerprint density at radius 1 is 1.06 bits per heavy atom. The zero-order valence-electron chi connectivity index (χ0n) is 9.61. The molecule has 0 radical (unpaired) electrons. The van der Waals surface area contributed by atoms with Crippen LogP contribution < -0.4 is 0 Å². The highest BCUT2D eigenvalue weighted by Crippen LogP contribution is 2.31. The number of carbonyl (C=O) groups is 2. The molecule has 1 aliphatic rings. The molecule has 0 saturated carbocycles. The second-order valence-electron chi connectivity index (χ2n) is 5.06. The van der Waals surface area contributed by atoms with Gasteiger partial charge in [0.25, 0.3) is 0 Å². The summed E-state index contributed by atoms with van der Waals surface area (Å²) in [5.74, 6) is -0.516. The summed E-state index contributed by atoms with van der Waals surface area (Å²) in [6.07, 6.45) is -0.685. The highest BCUT2D eigenvalue weighted by molar-refractivity contribution is 6.12. The number of hydrogen-bond donors (Lipinski definition) is 0. The van der Waals surface area contributed by atoms with E-state index in [0.717, 1.165) is 0 Å². The molecule has 1 atom stereocenters. The number of fused-ring (bicyclic) bond motifs is 1. The molecule has 0 amide bonds. The van der Waals surface area contributed by atoms with Crippen LogP contribution in [0.15, 0.2) is 24.3 Å². The minimum atomic E-state index is -0.685. The number of benzene rings is 1. The van der Waals surface area contributed by atoms with Crippen LogP contribution in [0.4, 0.5) is 0 Å². The Morgan fingerprint density at radius 3 is 2.19 bits per heavy atom. The van der Waals surface area contributed by atoms with Crippen LogP contribution >= 0.6 is 0 Å². The molecular formula is C13H14O3. The van der Waals surface area contributed by atoms with Crippen molar-refractivity contribution in [2.75, 3.05) is 0 Å². The molecule has 0 aliphatic carbocycles. The molecule has 1 unspecified atom stereocenters. The van der Waals surface area contributed by atoms with Gasteiger partial charge in [0.1, 0.15) is 0 Å². The van der Waals surface area contributed by atoms with Crippen LogP contribution in [0.2, 0.25) is 0 Å². The average Bonchev–Trinajstić information content (AvgIpc) is 2.22. The van der Waals surface area contributed by atoms with Crippen molar-refractivity contribution in [1.82, 2.24) is 0 Å². The lowest BCUT2D eigenvalue weighted by atomic mass is 9.82. The van der Waals surface area contributed by atoms with Gasteiger partial charge >= 0.3 is 5.97 Å². The summed E-state index contributed by atoms with van der Waals surface area (Å²) in [7, 11) is 0. The highest BCUT2D eigenvalue weighted by Gasteiger charge is 2.40. The smallest absolute Gasteiger partial charge is 0.339 e. The van der Waals surface area contributed by atoms with Crippen LogP contribution in [-0.4, -0.2) is 17.9 Å². The van der Waals surface area contributed by atoms with Crippen molar-refractivity contribution in [3.05, 3.63) is 35.4 Å². The topological polar surface area (TPSA) is 43.4 Å². The Bertz CT molecular complexity index is 454. The number of hydrogen-bond acceptors (Lipinski definition) is 3. The first kappa shape index (κ1) is 10.9. The highest BCUT2D eigenvalue weighted by atomic mass is 16.5. The number of Topliss-reactive ketones (excluding diaryl/α,β-unsaturated/α-hetero) is 1. The summed E-state index contributed by atoms with van der Waals surface area (Å²) >= 11 is 0. The van der Waals surface area contributed by atoms with Crippen molar-refractivity contribution in [3.63, 3.8) is 0 Å². The molecule has 0 bridgehead atoms. The van der Waals surface area contributed by atoms with E-state index in [-0.39, 0.29) is 11.2 Å². The summed E-state index contributed by atoms with van der Waals surface area (Å²) in [5, 5.41) is 0. The summed E-state index contributed by atoms with van der Waals surface area (Å²) in [6.45, 7) is 5.66. The Hall–Kier alpha value is -1.64. The van der Waals surface area contributed by atoms with E-state index < -0.39 is 12.1 Å². The van der Waals surface area contributed by atoms with E-state index in [1.54, 1.807) is 24.3 Å². The predicted octanol–water partition coefficient (Wildman–Crippen LogP) is 2.45. The Labute approximate surface area is 94.4 Å². The Morgan fingerprint density at radius 2 is 1.62 bits per heavy atom. The van der Waals surface area contributed by atoms with Crippen molar-refractivity contribution in [2.45, 2.75) is 26.9 Å². The SMILES string of the molecule is CC(C)(C)C1OC(=O)c2ccccc2C1=O. The fourth-order valence-electron chi connectivity index (χ4n) is 1.81. The van der Waals surface area contributed by atoms with E-state index >= 15 is 0 Å². The van der Waals surface area contributed by atoms with Gasteiger partial charge in [-0.25, -0.2) is 4.79 Å². The van der Waals surface area contributed by atoms with Crippen LogP contribution in [0.25, 0.3) is 0 Å². The van der Waals surface area contributed by atoms with Crippen LogP contribution in [0, 0.1) is 5.41 Å². The van der Waals surface area contributed by atoms with Gasteiger partial charge in [-0.2, -0.15) is 0 Å². The molecule has 0 fully saturated rings. The van der Waals surface area contributed by atoms with Gasteiger partial charge in [-0.05, 0) is 6.07 Å². The third kappa shape index (κ3) is 1.62. The Kier molecular flexibility index (Phi) is 2.34. The predicted molar refractivity (Wildman–Crippen MR) is 59.4 cm³/mol. The average molecular weight is 218 g/mol. The van der Waals surface area contributed by atoms with Gasteiger partial charge < -0.3 is 4.74 Å². The first-order valence-corrected chi connectivity index (χ1v) is 5.25. The van der Waals surface area contributed by atoms with Crippen LogP contribution in [-0.2, 0) is 4.74 Å². The quantitative estimate of drug-likeness (QED) is 0.628. The first-order valence-electron chi connectivity index (χ1n) is 5.25. The maximum absolute atomic E-state index is 12.1. The molecule has 1 aromatic rings. The number of ether oxygens (including phenoxy) is 1. The molecule has 1 aromatic carbocycles. The molecule has 2 rings (SSSR count). The molecule has 3 heteroatoms. The van der Waals surface area contributed by atoms with E-state index in [1.165, 1.54) is 0 Å². The van der Waals surface area contributed by atoms with Gasteiger partial charge in [0.2, 0.25) is 5.78 Å². The molecule has 1 aliphatic heterocycles. The molecule has 3 nitrogen and oxygen atoms in total. The normalized spacial score (nSPS) is 20.3. The van der Waals surface area contributed by atoms with Crippen LogP contribution in [0.5, 0.6) is 0 Å². The molecule has 16 heavy (non-hydrogen) atoms. The molecular weight excluding hydrogens is 204 g/mol. The van der Waals surface area contributed by atoms with Crippen LogP contribution in [0.3, 0.4) is 0 Å². The van der Waals surface area contributed by atoms with E-state index in [1.807, 2.05) is 20.8 Å². The minimum absolute atomic E-state index is 0.109. The summed E-state index contributed by atoms with van der Waals surface area (Å²) < 4.78 is 5.20. The van der Waals surface area contributed by atoms with Crippen molar-refractivity contribution in [2.24, 2.45) is 5.41 Å². The van der Waals surface area contributed by atoms with Gasteiger partial charge in [0.15, 0.2) is 6.10 Å². The number of carbonyl (C=O) groups excluding carboxylic acids is 2. The molecule has 0 spiro atoms. The van der Waals surface area contributed by atoms with E-state index in [4.69, 9.17) is 4.74 Å². The van der Waals surface area contributed by atoms with Gasteiger partial charge in [-0.1, -0.05) is 39.0 Å². The van der Waals surface area contributed by atoms with Crippen molar-refractivity contribution >= 4 is 11.8 Å². The van der Waals surface area contributed by atoms with Gasteiger partial charge in [-0.3, -0.25) is 4.79 Å². The van der Waals surface area contributed by atoms with Crippen molar-refractivity contribution in [3.8, 4) is 0 Å². The van der Waals surface area contributed by atoms with E-state index in [2.05, 4.69) is 0 Å². The first-order chi connectivity index (χ1) is 7.41. The molecule has 0 aromatic heterocycles. The lowest BCUT2D eigenvalue weighted by Gasteiger charge is -2.32. The molecule has 84 valence electrons. The maximum Gasteiger partial charge on any atom is 0.339 e. The van der Waals surface area contributed by atoms with Gasteiger partial charge in [-0.15, -0.1) is 0 Å². The van der Waals surface area contributed by atoms with Crippen molar-refractivity contribution < 1.29 is 14.3 Å². The summed E-state index contributed by atoms with van der Waals surface area (Å²) in [4.78, 5) is 23.8. The fourth-order valence-corrected chi connectivity index (χ4v) is 1.81. The molecule has 1 heterocycles. The van der Waals surface area contributed by atoms with Crippen molar-refractivity contribution in [1.29, 1.82) is 0 Å². The van der Waals surface area contributed by atoms with E-state index in [0.29, 0.717) is 11.1 Å². The fraction of sp³-hybridized carbons (Fsp3) is 0.385. The lowest BCUT2D eigenvalue weighted by molar-refractivity contribution is -0.00155. The zero-order chi connectivity index (χ0) is 11.9. The number of rotatable bonds is 0. The molecule has 0 saturated heterocycles. The summed E-state index contributed by atoms with van der Waals surface area (Å²) in [5.41, 5.74) is 0.465. The summed E-state index contributed by atoms with van der Waals surface area (Å²) in [6, 6.07) is 6.78. The third-order valence-electron chi connectivity index (χ3n) is 2.66. The van der Waals surface area contributed by atoms with E-state index in [9.17, 15) is 9.59 Å². The number of ketones is 1. The second-order valence-corrected chi connectivity index (χ2v) is 5.06. The standard InChI is InChI=1S/C13H14O3/c1-13(2,3)11-10(14)8-6-4-5-7-9(8)12(15)16-11/h4-7,11H,1-3H3. The van der Waals surface area contributed by atoms with Gasteiger partial charge in [0.05, 0.1) is 5.56 Å². The second kappa shape index (κ2) is 3.44. The zero-order valence-corrected chi connectivity index (χ0v) is 9.61. The third-order valence-corrected chi connectivity index (χ3v) is 2.66. The number of esters is 1.